The average Bonchev–Trinajstić information content (AvgIpc) is 3.04. The number of aliphatic hydroxyl groups is 1. The van der Waals surface area contributed by atoms with E-state index in [1.54, 1.807) is 0 Å². The summed E-state index contributed by atoms with van der Waals surface area (Å²) in [6.07, 6.45) is 5.03. The van der Waals surface area contributed by atoms with Crippen LogP contribution in [0, 0.1) is 0 Å². The highest BCUT2D eigenvalue weighted by Crippen LogP contribution is 2.39. The predicted octanol–water partition coefficient (Wildman–Crippen LogP) is 1.54. The van der Waals surface area contributed by atoms with Gasteiger partial charge in [0.05, 0.1) is 11.7 Å². The van der Waals surface area contributed by atoms with E-state index in [2.05, 4.69) is 5.32 Å². The molecule has 1 aromatic carbocycles. The van der Waals surface area contributed by atoms with E-state index in [1.165, 1.54) is 0 Å². The van der Waals surface area contributed by atoms with Crippen molar-refractivity contribution in [1.82, 2.24) is 5.32 Å². The summed E-state index contributed by atoms with van der Waals surface area (Å²) in [4.78, 5) is 11.8. The molecule has 3 rings (SSSR count). The molecule has 1 amide bonds. The zero-order valence-electron chi connectivity index (χ0n) is 11.3. The third kappa shape index (κ3) is 2.76. The SMILES string of the molecule is O=C(CC[C@]1(O)C[C@@H]2C=C[C@H]1O2)NCc1ccccc1. The van der Waals surface area contributed by atoms with Crippen molar-refractivity contribution in [3.05, 3.63) is 48.0 Å². The van der Waals surface area contributed by atoms with Gasteiger partial charge in [0, 0.05) is 19.4 Å². The quantitative estimate of drug-likeness (QED) is 0.800. The van der Waals surface area contributed by atoms with Gasteiger partial charge in [0.2, 0.25) is 5.91 Å². The fourth-order valence-corrected chi connectivity index (χ4v) is 2.85. The maximum atomic E-state index is 11.8. The van der Waals surface area contributed by atoms with Crippen LogP contribution in [0.4, 0.5) is 0 Å². The van der Waals surface area contributed by atoms with Gasteiger partial charge < -0.3 is 15.2 Å². The molecule has 3 atom stereocenters. The first kappa shape index (κ1) is 13.3. The number of hydrogen-bond acceptors (Lipinski definition) is 3. The topological polar surface area (TPSA) is 58.6 Å². The van der Waals surface area contributed by atoms with Crippen LogP contribution in [0.2, 0.25) is 0 Å². The molecular weight excluding hydrogens is 254 g/mol. The first-order chi connectivity index (χ1) is 9.66. The lowest BCUT2D eigenvalue weighted by Crippen LogP contribution is -2.39. The first-order valence-corrected chi connectivity index (χ1v) is 7.02. The number of amides is 1. The number of hydrogen-bond donors (Lipinski definition) is 2. The molecule has 106 valence electrons. The Morgan fingerprint density at radius 2 is 2.15 bits per heavy atom. The Kier molecular flexibility index (Phi) is 3.59. The number of rotatable bonds is 5. The van der Waals surface area contributed by atoms with Crippen LogP contribution in [0.1, 0.15) is 24.8 Å². The summed E-state index contributed by atoms with van der Waals surface area (Å²) in [5, 5.41) is 13.3. The molecule has 2 N–H and O–H groups in total. The summed E-state index contributed by atoms with van der Waals surface area (Å²) < 4.78 is 5.56. The van der Waals surface area contributed by atoms with Gasteiger partial charge in [-0.3, -0.25) is 4.79 Å². The Morgan fingerprint density at radius 3 is 2.80 bits per heavy atom. The fraction of sp³-hybridized carbons (Fsp3) is 0.438. The summed E-state index contributed by atoms with van der Waals surface area (Å²) in [6, 6.07) is 9.79. The molecule has 0 saturated carbocycles. The largest absolute Gasteiger partial charge is 0.387 e. The van der Waals surface area contributed by atoms with E-state index in [0.717, 1.165) is 5.56 Å². The van der Waals surface area contributed by atoms with Gasteiger partial charge >= 0.3 is 0 Å². The van der Waals surface area contributed by atoms with E-state index in [1.807, 2.05) is 42.5 Å². The molecule has 2 bridgehead atoms. The van der Waals surface area contributed by atoms with E-state index in [0.29, 0.717) is 25.8 Å². The summed E-state index contributed by atoms with van der Waals surface area (Å²) in [6.45, 7) is 0.528. The number of ether oxygens (including phenoxy) is 1. The number of carbonyl (C=O) groups excluding carboxylic acids is 1. The minimum absolute atomic E-state index is 0.0254. The Labute approximate surface area is 118 Å². The van der Waals surface area contributed by atoms with Crippen molar-refractivity contribution < 1.29 is 14.6 Å². The van der Waals surface area contributed by atoms with Gasteiger partial charge in [-0.2, -0.15) is 0 Å². The minimum atomic E-state index is -0.872. The summed E-state index contributed by atoms with van der Waals surface area (Å²) in [5.41, 5.74) is 0.203. The van der Waals surface area contributed by atoms with Crippen molar-refractivity contribution in [2.75, 3.05) is 0 Å². The van der Waals surface area contributed by atoms with Crippen LogP contribution in [-0.4, -0.2) is 28.8 Å². The normalized spacial score (nSPS) is 30.6. The molecule has 4 heteroatoms. The molecule has 1 saturated heterocycles. The first-order valence-electron chi connectivity index (χ1n) is 7.02. The van der Waals surface area contributed by atoms with Crippen molar-refractivity contribution in [2.24, 2.45) is 0 Å². The molecule has 2 heterocycles. The van der Waals surface area contributed by atoms with Crippen LogP contribution in [-0.2, 0) is 16.1 Å². The lowest BCUT2D eigenvalue weighted by molar-refractivity contribution is -0.123. The Hall–Kier alpha value is -1.65. The highest BCUT2D eigenvalue weighted by molar-refractivity contribution is 5.76. The molecule has 4 nitrogen and oxygen atoms in total. The molecule has 20 heavy (non-hydrogen) atoms. The number of nitrogens with one attached hydrogen (secondary N) is 1. The van der Waals surface area contributed by atoms with Gasteiger partial charge in [-0.15, -0.1) is 0 Å². The number of fused-ring (bicyclic) bond motifs is 2. The average molecular weight is 273 g/mol. The van der Waals surface area contributed by atoms with E-state index in [9.17, 15) is 9.90 Å². The van der Waals surface area contributed by atoms with Gasteiger partial charge in [-0.05, 0) is 12.0 Å². The van der Waals surface area contributed by atoms with E-state index in [4.69, 9.17) is 4.74 Å². The minimum Gasteiger partial charge on any atom is -0.387 e. The number of benzene rings is 1. The Morgan fingerprint density at radius 1 is 1.35 bits per heavy atom. The molecule has 0 spiro atoms. The van der Waals surface area contributed by atoms with Gasteiger partial charge in [0.1, 0.15) is 6.10 Å². The lowest BCUT2D eigenvalue weighted by atomic mass is 9.85. The summed E-state index contributed by atoms with van der Waals surface area (Å²) in [7, 11) is 0. The van der Waals surface area contributed by atoms with E-state index in [-0.39, 0.29) is 18.1 Å². The molecular formula is C16H19NO3. The summed E-state index contributed by atoms with van der Waals surface area (Å²) >= 11 is 0. The van der Waals surface area contributed by atoms with Gasteiger partial charge in [0.15, 0.2) is 0 Å². The second kappa shape index (κ2) is 5.38. The smallest absolute Gasteiger partial charge is 0.220 e. The molecule has 2 aliphatic heterocycles. The second-order valence-corrected chi connectivity index (χ2v) is 5.55. The lowest BCUT2D eigenvalue weighted by Gasteiger charge is -2.27. The molecule has 0 aromatic heterocycles. The highest BCUT2D eigenvalue weighted by atomic mass is 16.5. The number of carbonyl (C=O) groups is 1. The standard InChI is InChI=1S/C16H19NO3/c18-15(17-11-12-4-2-1-3-5-12)8-9-16(19)10-13-6-7-14(16)20-13/h1-7,13-14,19H,8-11H2,(H,17,18)/t13-,14+,16-/m0/s1. The molecule has 2 aliphatic rings. The van der Waals surface area contributed by atoms with E-state index >= 15 is 0 Å². The fourth-order valence-electron chi connectivity index (χ4n) is 2.85. The van der Waals surface area contributed by atoms with Crippen LogP contribution < -0.4 is 5.32 Å². The third-order valence-corrected chi connectivity index (χ3v) is 4.02. The van der Waals surface area contributed by atoms with Gasteiger partial charge in [-0.25, -0.2) is 0 Å². The van der Waals surface area contributed by atoms with Crippen LogP contribution in [0.15, 0.2) is 42.5 Å². The van der Waals surface area contributed by atoms with E-state index < -0.39 is 5.60 Å². The van der Waals surface area contributed by atoms with Gasteiger partial charge in [-0.1, -0.05) is 42.5 Å². The Bertz CT molecular complexity index is 514. The maximum Gasteiger partial charge on any atom is 0.220 e. The monoisotopic (exact) mass is 273 g/mol. The molecule has 0 radical (unpaired) electrons. The maximum absolute atomic E-state index is 11.8. The second-order valence-electron chi connectivity index (χ2n) is 5.55. The van der Waals surface area contributed by atoms with Crippen LogP contribution in [0.5, 0.6) is 0 Å². The predicted molar refractivity (Wildman–Crippen MR) is 74.9 cm³/mol. The Balaban J connectivity index is 1.45. The summed E-state index contributed by atoms with van der Waals surface area (Å²) in [5.74, 6) is -0.0333. The van der Waals surface area contributed by atoms with Crippen molar-refractivity contribution in [1.29, 1.82) is 0 Å². The van der Waals surface area contributed by atoms with Crippen molar-refractivity contribution >= 4 is 5.91 Å². The highest BCUT2D eigenvalue weighted by Gasteiger charge is 2.48. The van der Waals surface area contributed by atoms with Crippen LogP contribution in [0.3, 0.4) is 0 Å². The zero-order valence-corrected chi connectivity index (χ0v) is 11.3. The van der Waals surface area contributed by atoms with Gasteiger partial charge in [0.25, 0.3) is 0 Å². The van der Waals surface area contributed by atoms with Crippen LogP contribution in [0.25, 0.3) is 0 Å². The van der Waals surface area contributed by atoms with Crippen molar-refractivity contribution in [3.8, 4) is 0 Å². The zero-order chi connectivity index (χ0) is 14.0. The van der Waals surface area contributed by atoms with Crippen molar-refractivity contribution in [3.63, 3.8) is 0 Å². The van der Waals surface area contributed by atoms with Crippen molar-refractivity contribution in [2.45, 2.75) is 43.6 Å². The van der Waals surface area contributed by atoms with Crippen LogP contribution >= 0.6 is 0 Å². The molecule has 1 aromatic rings. The molecule has 0 unspecified atom stereocenters. The molecule has 1 fully saturated rings. The third-order valence-electron chi connectivity index (χ3n) is 4.02. The molecule has 0 aliphatic carbocycles.